The third-order valence-electron chi connectivity index (χ3n) is 3.69. The van der Waals surface area contributed by atoms with Gasteiger partial charge in [0.05, 0.1) is 6.61 Å². The maximum absolute atomic E-state index is 12.1. The van der Waals surface area contributed by atoms with E-state index >= 15 is 0 Å². The Bertz CT molecular complexity index is 993. The van der Waals surface area contributed by atoms with Crippen LogP contribution in [-0.2, 0) is 16.1 Å². The average molecular weight is 391 g/mol. The molecule has 8 heteroatoms. The summed E-state index contributed by atoms with van der Waals surface area (Å²) in [4.78, 5) is 24.3. The van der Waals surface area contributed by atoms with Crippen molar-refractivity contribution in [2.45, 2.75) is 13.5 Å². The molecule has 3 N–H and O–H groups in total. The van der Waals surface area contributed by atoms with Gasteiger partial charge in [0.15, 0.2) is 12.4 Å². The summed E-state index contributed by atoms with van der Waals surface area (Å²) in [6.45, 7) is 2.30. The molecule has 1 heterocycles. The van der Waals surface area contributed by atoms with Gasteiger partial charge in [0.2, 0.25) is 11.9 Å². The minimum atomic E-state index is -0.534. The number of aromatic nitrogens is 3. The fourth-order valence-corrected chi connectivity index (χ4v) is 2.46. The highest BCUT2D eigenvalue weighted by Gasteiger charge is 2.08. The van der Waals surface area contributed by atoms with Gasteiger partial charge in [-0.1, -0.05) is 36.4 Å². The summed E-state index contributed by atoms with van der Waals surface area (Å²) in [7, 11) is 0. The van der Waals surface area contributed by atoms with Gasteiger partial charge in [-0.2, -0.15) is 15.0 Å². The van der Waals surface area contributed by atoms with Crippen LogP contribution in [0.1, 0.15) is 18.3 Å². The van der Waals surface area contributed by atoms with E-state index < -0.39 is 5.97 Å². The molecule has 0 aliphatic heterocycles. The Morgan fingerprint density at radius 1 is 1.07 bits per heavy atom. The maximum atomic E-state index is 12.1. The number of carbonyl (C=O) groups is 1. The number of anilines is 3. The van der Waals surface area contributed by atoms with Gasteiger partial charge in [0.25, 0.3) is 0 Å². The molecule has 0 bridgehead atoms. The second-order valence-corrected chi connectivity index (χ2v) is 5.84. The molecule has 0 atom stereocenters. The number of hydrogen-bond acceptors (Lipinski definition) is 8. The molecule has 0 saturated carbocycles. The van der Waals surface area contributed by atoms with Gasteiger partial charge < -0.3 is 20.5 Å². The Morgan fingerprint density at radius 3 is 2.62 bits per heavy atom. The van der Waals surface area contributed by atoms with Crippen LogP contribution in [-0.4, -0.2) is 27.5 Å². The molecule has 2 aromatic carbocycles. The van der Waals surface area contributed by atoms with Crippen LogP contribution in [0.25, 0.3) is 6.08 Å². The average Bonchev–Trinajstić information content (AvgIpc) is 2.72. The molecule has 0 radical (unpaired) electrons. The number of rotatable bonds is 8. The van der Waals surface area contributed by atoms with Crippen LogP contribution in [0.15, 0.2) is 60.7 Å². The normalized spacial score (nSPS) is 10.7. The number of esters is 1. The van der Waals surface area contributed by atoms with Crippen LogP contribution >= 0.6 is 0 Å². The van der Waals surface area contributed by atoms with Gasteiger partial charge in [-0.3, -0.25) is 0 Å². The highest BCUT2D eigenvalue weighted by atomic mass is 16.5. The zero-order valence-electron chi connectivity index (χ0n) is 15.9. The van der Waals surface area contributed by atoms with E-state index in [1.807, 2.05) is 61.5 Å². The number of nitrogens with two attached hydrogens (primary N) is 1. The first kappa shape index (κ1) is 19.8. The molecule has 0 aliphatic carbocycles. The van der Waals surface area contributed by atoms with Crippen molar-refractivity contribution in [2.24, 2.45) is 0 Å². The van der Waals surface area contributed by atoms with Crippen molar-refractivity contribution in [1.82, 2.24) is 15.0 Å². The number of nitrogens with zero attached hydrogens (tertiary/aromatic N) is 3. The lowest BCUT2D eigenvalue weighted by atomic mass is 10.2. The van der Waals surface area contributed by atoms with Crippen molar-refractivity contribution in [2.75, 3.05) is 17.7 Å². The molecule has 0 saturated heterocycles. The summed E-state index contributed by atoms with van der Waals surface area (Å²) in [5.41, 5.74) is 7.31. The SMILES string of the molecule is CCOc1ccccc1/C=C/C(=O)OCc1nc(N)nc(Nc2ccccc2)n1. The molecule has 148 valence electrons. The Hall–Kier alpha value is -3.94. The molecule has 0 fully saturated rings. The molecule has 3 rings (SSSR count). The van der Waals surface area contributed by atoms with E-state index in [4.69, 9.17) is 15.2 Å². The van der Waals surface area contributed by atoms with Crippen molar-refractivity contribution in [1.29, 1.82) is 0 Å². The molecule has 0 spiro atoms. The van der Waals surface area contributed by atoms with Gasteiger partial charge in [0.1, 0.15) is 5.75 Å². The minimum absolute atomic E-state index is 0.0330. The predicted molar refractivity (Wildman–Crippen MR) is 110 cm³/mol. The number of ether oxygens (including phenoxy) is 2. The summed E-state index contributed by atoms with van der Waals surface area (Å²) >= 11 is 0. The van der Waals surface area contributed by atoms with Gasteiger partial charge >= 0.3 is 5.97 Å². The Morgan fingerprint density at radius 2 is 1.83 bits per heavy atom. The van der Waals surface area contributed by atoms with Crippen LogP contribution < -0.4 is 15.8 Å². The lowest BCUT2D eigenvalue weighted by Gasteiger charge is -2.07. The van der Waals surface area contributed by atoms with Crippen LogP contribution in [0.5, 0.6) is 5.75 Å². The van der Waals surface area contributed by atoms with Crippen molar-refractivity contribution >= 4 is 29.6 Å². The van der Waals surface area contributed by atoms with Crippen LogP contribution in [0.3, 0.4) is 0 Å². The molecule has 0 amide bonds. The largest absolute Gasteiger partial charge is 0.493 e. The van der Waals surface area contributed by atoms with Crippen LogP contribution in [0.4, 0.5) is 17.6 Å². The van der Waals surface area contributed by atoms with Gasteiger partial charge in [-0.25, -0.2) is 4.79 Å². The fourth-order valence-electron chi connectivity index (χ4n) is 2.46. The van der Waals surface area contributed by atoms with Crippen molar-refractivity contribution < 1.29 is 14.3 Å². The minimum Gasteiger partial charge on any atom is -0.493 e. The second kappa shape index (κ2) is 9.84. The second-order valence-electron chi connectivity index (χ2n) is 5.84. The van der Waals surface area contributed by atoms with Gasteiger partial charge in [-0.05, 0) is 31.2 Å². The molecular weight excluding hydrogens is 370 g/mol. The molecule has 0 unspecified atom stereocenters. The topological polar surface area (TPSA) is 112 Å². The first-order valence-electron chi connectivity index (χ1n) is 9.03. The van der Waals surface area contributed by atoms with E-state index in [1.165, 1.54) is 6.08 Å². The Kier molecular flexibility index (Phi) is 6.72. The van der Waals surface area contributed by atoms with Crippen molar-refractivity contribution in [3.8, 4) is 5.75 Å². The van der Waals surface area contributed by atoms with E-state index in [9.17, 15) is 4.79 Å². The van der Waals surface area contributed by atoms with Crippen LogP contribution in [0, 0.1) is 0 Å². The summed E-state index contributed by atoms with van der Waals surface area (Å²) < 4.78 is 10.7. The van der Waals surface area contributed by atoms with Crippen molar-refractivity contribution in [3.05, 3.63) is 72.1 Å². The van der Waals surface area contributed by atoms with Crippen molar-refractivity contribution in [3.63, 3.8) is 0 Å². The smallest absolute Gasteiger partial charge is 0.331 e. The molecule has 3 aromatic rings. The molecule has 1 aromatic heterocycles. The number of hydrogen-bond donors (Lipinski definition) is 2. The first-order chi connectivity index (χ1) is 14.1. The highest BCUT2D eigenvalue weighted by Crippen LogP contribution is 2.19. The molecule has 29 heavy (non-hydrogen) atoms. The molecule has 0 aliphatic rings. The van der Waals surface area contributed by atoms with Crippen LogP contribution in [0.2, 0.25) is 0 Å². The summed E-state index contributed by atoms with van der Waals surface area (Å²) in [5.74, 6) is 0.711. The summed E-state index contributed by atoms with van der Waals surface area (Å²) in [6.07, 6.45) is 2.96. The number of para-hydroxylation sites is 2. The van der Waals surface area contributed by atoms with E-state index in [2.05, 4.69) is 20.3 Å². The molecule has 8 nitrogen and oxygen atoms in total. The fraction of sp³-hybridized carbons (Fsp3) is 0.143. The third-order valence-corrected chi connectivity index (χ3v) is 3.69. The number of carbonyl (C=O) groups excluding carboxylic acids is 1. The van der Waals surface area contributed by atoms with Gasteiger partial charge in [0, 0.05) is 17.3 Å². The van der Waals surface area contributed by atoms with E-state index in [-0.39, 0.29) is 24.3 Å². The third kappa shape index (κ3) is 6.03. The Balaban J connectivity index is 1.61. The maximum Gasteiger partial charge on any atom is 0.331 e. The zero-order valence-corrected chi connectivity index (χ0v) is 15.9. The number of nitrogen functional groups attached to an aromatic ring is 1. The standard InChI is InChI=1S/C21H21N5O3/c1-2-28-17-11-7-6-8-15(17)12-13-19(27)29-14-18-24-20(22)26-21(25-18)23-16-9-4-3-5-10-16/h3-13H,2,14H2,1H3,(H3,22,23,24,25,26)/b13-12+. The number of nitrogens with one attached hydrogen (secondary N) is 1. The quantitative estimate of drug-likeness (QED) is 0.444. The number of benzene rings is 2. The predicted octanol–water partition coefficient (Wildman–Crippen LogP) is 3.35. The van der Waals surface area contributed by atoms with E-state index in [0.29, 0.717) is 12.4 Å². The zero-order chi connectivity index (χ0) is 20.5. The lowest BCUT2D eigenvalue weighted by molar-refractivity contribution is -0.139. The summed E-state index contributed by atoms with van der Waals surface area (Å²) in [6, 6.07) is 16.8. The monoisotopic (exact) mass is 391 g/mol. The van der Waals surface area contributed by atoms with Gasteiger partial charge in [-0.15, -0.1) is 0 Å². The highest BCUT2D eigenvalue weighted by molar-refractivity contribution is 5.87. The van der Waals surface area contributed by atoms with E-state index in [0.717, 1.165) is 11.3 Å². The first-order valence-corrected chi connectivity index (χ1v) is 9.03. The Labute approximate surface area is 168 Å². The molecular formula is C21H21N5O3. The van der Waals surface area contributed by atoms with E-state index in [1.54, 1.807) is 6.08 Å². The lowest BCUT2D eigenvalue weighted by Crippen LogP contribution is -2.10. The summed E-state index contributed by atoms with van der Waals surface area (Å²) in [5, 5.41) is 3.03.